The molecule has 174 valence electrons. The van der Waals surface area contributed by atoms with Crippen LogP contribution in [0.4, 0.5) is 24.5 Å². The predicted molar refractivity (Wildman–Crippen MR) is 122 cm³/mol. The molecule has 10 heteroatoms. The summed E-state index contributed by atoms with van der Waals surface area (Å²) in [6.07, 6.45) is -4.68. The number of hydrogen-bond donors (Lipinski definition) is 1. The molecule has 0 aromatic heterocycles. The molecule has 0 heterocycles. The number of aryl methyl sites for hydroxylation is 2. The summed E-state index contributed by atoms with van der Waals surface area (Å²) in [6.45, 7) is 2.73. The molecule has 0 unspecified atom stereocenters. The van der Waals surface area contributed by atoms with Crippen LogP contribution in [0.5, 0.6) is 0 Å². The Balaban J connectivity index is 2.02. The number of amides is 1. The van der Waals surface area contributed by atoms with Crippen LogP contribution >= 0.6 is 11.6 Å². The Morgan fingerprint density at radius 2 is 1.67 bits per heavy atom. The molecule has 0 spiro atoms. The van der Waals surface area contributed by atoms with Crippen molar-refractivity contribution in [2.75, 3.05) is 16.2 Å². The fraction of sp³-hybridized carbons (Fsp3) is 0.174. The third-order valence-corrected chi connectivity index (χ3v) is 6.84. The fourth-order valence-electron chi connectivity index (χ4n) is 3.08. The number of benzene rings is 3. The zero-order valence-electron chi connectivity index (χ0n) is 17.7. The lowest BCUT2D eigenvalue weighted by Crippen LogP contribution is -2.38. The summed E-state index contributed by atoms with van der Waals surface area (Å²) in [4.78, 5) is 12.6. The number of rotatable bonds is 6. The maximum Gasteiger partial charge on any atom is 0.416 e. The lowest BCUT2D eigenvalue weighted by atomic mass is 10.2. The van der Waals surface area contributed by atoms with Crippen molar-refractivity contribution in [2.45, 2.75) is 24.9 Å². The molecule has 1 N–H and O–H groups in total. The van der Waals surface area contributed by atoms with Gasteiger partial charge in [0, 0.05) is 10.7 Å². The van der Waals surface area contributed by atoms with Gasteiger partial charge in [-0.15, -0.1) is 0 Å². The van der Waals surface area contributed by atoms with E-state index in [1.54, 1.807) is 44.2 Å². The van der Waals surface area contributed by atoms with E-state index in [9.17, 15) is 26.4 Å². The Bertz CT molecular complexity index is 1280. The third-order valence-electron chi connectivity index (χ3n) is 4.82. The van der Waals surface area contributed by atoms with Gasteiger partial charge in [0.05, 0.1) is 16.1 Å². The van der Waals surface area contributed by atoms with Gasteiger partial charge in [-0.3, -0.25) is 9.10 Å². The molecule has 5 nitrogen and oxygen atoms in total. The van der Waals surface area contributed by atoms with E-state index in [1.165, 1.54) is 18.2 Å². The summed E-state index contributed by atoms with van der Waals surface area (Å²) in [5, 5.41) is 3.05. The first-order valence-corrected chi connectivity index (χ1v) is 11.5. The van der Waals surface area contributed by atoms with Crippen molar-refractivity contribution in [3.05, 3.63) is 88.4 Å². The molecule has 0 aliphatic heterocycles. The minimum absolute atomic E-state index is 0.152. The van der Waals surface area contributed by atoms with Gasteiger partial charge in [-0.2, -0.15) is 13.2 Å². The van der Waals surface area contributed by atoms with Crippen LogP contribution < -0.4 is 9.62 Å². The molecule has 3 rings (SSSR count). The van der Waals surface area contributed by atoms with Crippen LogP contribution in [0.25, 0.3) is 0 Å². The number of hydrogen-bond acceptors (Lipinski definition) is 3. The van der Waals surface area contributed by atoms with Gasteiger partial charge in [0.25, 0.3) is 10.0 Å². The molecule has 0 aliphatic rings. The molecule has 0 atom stereocenters. The minimum Gasteiger partial charge on any atom is -0.324 e. The SMILES string of the molecule is Cc1ccc(S(=O)(=O)N(CC(=O)Nc2ccc(Cl)cc2C)c2cccc(C(F)(F)F)c2)cc1. The second kappa shape index (κ2) is 9.44. The third kappa shape index (κ3) is 5.85. The van der Waals surface area contributed by atoms with Gasteiger partial charge in [-0.25, -0.2) is 8.42 Å². The van der Waals surface area contributed by atoms with Crippen LogP contribution in [-0.2, 0) is 21.0 Å². The van der Waals surface area contributed by atoms with E-state index in [0.717, 1.165) is 17.7 Å². The van der Waals surface area contributed by atoms with Crippen LogP contribution in [0.2, 0.25) is 5.02 Å². The van der Waals surface area contributed by atoms with Crippen molar-refractivity contribution in [1.29, 1.82) is 0 Å². The van der Waals surface area contributed by atoms with Gasteiger partial charge in [-0.1, -0.05) is 35.4 Å². The number of carbonyl (C=O) groups excluding carboxylic acids is 1. The number of anilines is 2. The molecule has 0 saturated heterocycles. The Hall–Kier alpha value is -3.04. The molecule has 0 radical (unpaired) electrons. The highest BCUT2D eigenvalue weighted by molar-refractivity contribution is 7.92. The molecule has 0 bridgehead atoms. The van der Waals surface area contributed by atoms with E-state index in [1.807, 2.05) is 0 Å². The van der Waals surface area contributed by atoms with Crippen molar-refractivity contribution in [3.63, 3.8) is 0 Å². The average Bonchev–Trinajstić information content (AvgIpc) is 2.74. The van der Waals surface area contributed by atoms with Gasteiger partial charge in [-0.05, 0) is 67.9 Å². The summed E-state index contributed by atoms with van der Waals surface area (Å²) < 4.78 is 67.2. The number of alkyl halides is 3. The molecule has 1 amide bonds. The predicted octanol–water partition coefficient (Wildman–Crippen LogP) is 5.81. The van der Waals surface area contributed by atoms with E-state index in [2.05, 4.69) is 5.32 Å². The van der Waals surface area contributed by atoms with Crippen molar-refractivity contribution in [2.24, 2.45) is 0 Å². The zero-order chi connectivity index (χ0) is 24.4. The second-order valence-corrected chi connectivity index (χ2v) is 9.68. The van der Waals surface area contributed by atoms with Crippen molar-refractivity contribution < 1.29 is 26.4 Å². The van der Waals surface area contributed by atoms with E-state index in [-0.39, 0.29) is 10.6 Å². The van der Waals surface area contributed by atoms with Gasteiger partial charge >= 0.3 is 6.18 Å². The first-order valence-electron chi connectivity index (χ1n) is 9.70. The Morgan fingerprint density at radius 3 is 2.27 bits per heavy atom. The van der Waals surface area contributed by atoms with Crippen LogP contribution in [0.15, 0.2) is 71.6 Å². The van der Waals surface area contributed by atoms with E-state index >= 15 is 0 Å². The highest BCUT2D eigenvalue weighted by atomic mass is 35.5. The zero-order valence-corrected chi connectivity index (χ0v) is 19.2. The van der Waals surface area contributed by atoms with E-state index < -0.39 is 34.2 Å². The number of nitrogens with one attached hydrogen (secondary N) is 1. The summed E-state index contributed by atoms with van der Waals surface area (Å²) in [6, 6.07) is 14.4. The smallest absolute Gasteiger partial charge is 0.324 e. The van der Waals surface area contributed by atoms with Gasteiger partial charge in [0.15, 0.2) is 0 Å². The topological polar surface area (TPSA) is 66.5 Å². The van der Waals surface area contributed by atoms with Gasteiger partial charge in [0.1, 0.15) is 6.54 Å². The molecule has 33 heavy (non-hydrogen) atoms. The maximum atomic E-state index is 13.4. The standard InChI is InChI=1S/C23H20ClF3N2O3S/c1-15-6-9-20(10-7-15)33(31,32)29(19-5-3-4-17(13-19)23(25,26)27)14-22(30)28-21-11-8-18(24)12-16(21)2/h3-13H,14H2,1-2H3,(H,28,30). The number of sulfonamides is 1. The van der Waals surface area contributed by atoms with E-state index in [4.69, 9.17) is 11.6 Å². The summed E-state index contributed by atoms with van der Waals surface area (Å²) in [5.41, 5.74) is 0.533. The largest absolute Gasteiger partial charge is 0.416 e. The van der Waals surface area contributed by atoms with Crippen LogP contribution in [0, 0.1) is 13.8 Å². The Labute approximate surface area is 194 Å². The quantitative estimate of drug-likeness (QED) is 0.468. The van der Waals surface area contributed by atoms with E-state index in [0.29, 0.717) is 26.6 Å². The average molecular weight is 497 g/mol. The maximum absolute atomic E-state index is 13.4. The molecular weight excluding hydrogens is 477 g/mol. The Kier molecular flexibility index (Phi) is 7.04. The van der Waals surface area contributed by atoms with Crippen molar-refractivity contribution >= 4 is 38.9 Å². The van der Waals surface area contributed by atoms with Crippen LogP contribution in [0.3, 0.4) is 0 Å². The van der Waals surface area contributed by atoms with Crippen LogP contribution in [0.1, 0.15) is 16.7 Å². The lowest BCUT2D eigenvalue weighted by Gasteiger charge is -2.25. The lowest BCUT2D eigenvalue weighted by molar-refractivity contribution is -0.137. The molecule has 3 aromatic rings. The van der Waals surface area contributed by atoms with Crippen LogP contribution in [-0.4, -0.2) is 20.9 Å². The van der Waals surface area contributed by atoms with Gasteiger partial charge < -0.3 is 5.32 Å². The van der Waals surface area contributed by atoms with Crippen molar-refractivity contribution in [1.82, 2.24) is 0 Å². The normalized spacial score (nSPS) is 11.8. The number of nitrogens with zero attached hydrogens (tertiary/aromatic N) is 1. The number of carbonyl (C=O) groups is 1. The first kappa shape index (κ1) is 24.6. The molecular formula is C23H20ClF3N2O3S. The highest BCUT2D eigenvalue weighted by Crippen LogP contribution is 2.33. The molecule has 0 aliphatic carbocycles. The molecule has 0 fully saturated rings. The number of halogens is 4. The molecule has 3 aromatic carbocycles. The minimum atomic E-state index is -4.68. The summed E-state index contributed by atoms with van der Waals surface area (Å²) in [5.74, 6) is -0.728. The fourth-order valence-corrected chi connectivity index (χ4v) is 4.72. The second-order valence-electron chi connectivity index (χ2n) is 7.38. The summed E-state index contributed by atoms with van der Waals surface area (Å²) >= 11 is 5.92. The van der Waals surface area contributed by atoms with Gasteiger partial charge in [0.2, 0.25) is 5.91 Å². The Morgan fingerprint density at radius 1 is 1.00 bits per heavy atom. The summed E-state index contributed by atoms with van der Waals surface area (Å²) in [7, 11) is -4.35. The monoisotopic (exact) mass is 496 g/mol. The molecule has 0 saturated carbocycles. The highest BCUT2D eigenvalue weighted by Gasteiger charge is 2.33. The van der Waals surface area contributed by atoms with Crippen molar-refractivity contribution in [3.8, 4) is 0 Å². The first-order chi connectivity index (χ1) is 15.4.